The summed E-state index contributed by atoms with van der Waals surface area (Å²) in [6, 6.07) is 2.95. The van der Waals surface area contributed by atoms with Crippen LogP contribution in [0.5, 0.6) is 0 Å². The number of nitrogens with zero attached hydrogens (tertiary/aromatic N) is 1. The first-order valence-corrected chi connectivity index (χ1v) is 5.08. The fraction of sp³-hybridized carbons (Fsp3) is 0.545. The first-order valence-electron chi connectivity index (χ1n) is 5.08. The molecule has 0 bridgehead atoms. The summed E-state index contributed by atoms with van der Waals surface area (Å²) in [6.45, 7) is 6.48. The smallest absolute Gasteiger partial charge is 0.165 e. The zero-order chi connectivity index (χ0) is 11.5. The van der Waals surface area contributed by atoms with Crippen molar-refractivity contribution in [1.82, 2.24) is 4.98 Å². The van der Waals surface area contributed by atoms with Gasteiger partial charge < -0.3 is 11.1 Å². The summed E-state index contributed by atoms with van der Waals surface area (Å²) >= 11 is 0. The normalized spacial score (nSPS) is 15.1. The number of anilines is 1. The fourth-order valence-electron chi connectivity index (χ4n) is 1.18. The third-order valence-electron chi connectivity index (χ3n) is 2.86. The van der Waals surface area contributed by atoms with E-state index < -0.39 is 0 Å². The maximum Gasteiger partial charge on any atom is 0.165 e. The highest BCUT2D eigenvalue weighted by molar-refractivity contribution is 5.39. The van der Waals surface area contributed by atoms with E-state index in [-0.39, 0.29) is 17.2 Å². The van der Waals surface area contributed by atoms with Gasteiger partial charge in [0.05, 0.1) is 5.54 Å². The van der Waals surface area contributed by atoms with Gasteiger partial charge in [0.25, 0.3) is 0 Å². The molecule has 84 valence electrons. The topological polar surface area (TPSA) is 50.9 Å². The van der Waals surface area contributed by atoms with Gasteiger partial charge in [-0.3, -0.25) is 0 Å². The minimum atomic E-state index is -0.349. The van der Waals surface area contributed by atoms with Crippen LogP contribution in [0.3, 0.4) is 0 Å². The predicted molar refractivity (Wildman–Crippen MR) is 60.1 cm³/mol. The molecule has 1 rings (SSSR count). The largest absolute Gasteiger partial charge is 0.361 e. The standard InChI is InChI=1S/C11H18FN3/c1-8(2)11(3,7-13)15-10-9(12)5-4-6-14-10/h4-6,8H,7,13H2,1-3H3,(H,14,15). The number of hydrogen-bond donors (Lipinski definition) is 2. The van der Waals surface area contributed by atoms with Crippen molar-refractivity contribution in [2.45, 2.75) is 26.3 Å². The molecule has 1 atom stereocenters. The minimum Gasteiger partial charge on any atom is -0.361 e. The molecule has 0 saturated heterocycles. The molecule has 15 heavy (non-hydrogen) atoms. The van der Waals surface area contributed by atoms with Gasteiger partial charge in [0.2, 0.25) is 0 Å². The maximum atomic E-state index is 13.4. The number of rotatable bonds is 4. The van der Waals surface area contributed by atoms with Crippen molar-refractivity contribution in [1.29, 1.82) is 0 Å². The van der Waals surface area contributed by atoms with Crippen molar-refractivity contribution >= 4 is 5.82 Å². The number of nitrogens with one attached hydrogen (secondary N) is 1. The molecule has 0 spiro atoms. The average Bonchev–Trinajstić information content (AvgIpc) is 2.21. The van der Waals surface area contributed by atoms with Crippen molar-refractivity contribution < 1.29 is 4.39 Å². The minimum absolute atomic E-state index is 0.263. The van der Waals surface area contributed by atoms with Crippen LogP contribution in [0.2, 0.25) is 0 Å². The molecule has 0 aliphatic rings. The molecule has 4 heteroatoms. The molecular formula is C11H18FN3. The highest BCUT2D eigenvalue weighted by atomic mass is 19.1. The highest BCUT2D eigenvalue weighted by Crippen LogP contribution is 2.22. The Kier molecular flexibility index (Phi) is 3.63. The van der Waals surface area contributed by atoms with Crippen molar-refractivity contribution in [3.8, 4) is 0 Å². The van der Waals surface area contributed by atoms with Crippen LogP contribution in [0, 0.1) is 11.7 Å². The molecule has 0 radical (unpaired) electrons. The quantitative estimate of drug-likeness (QED) is 0.801. The molecule has 0 aliphatic heterocycles. The number of hydrogen-bond acceptors (Lipinski definition) is 3. The molecule has 1 aromatic heterocycles. The predicted octanol–water partition coefficient (Wildman–Crippen LogP) is 2.01. The van der Waals surface area contributed by atoms with Gasteiger partial charge in [-0.1, -0.05) is 13.8 Å². The van der Waals surface area contributed by atoms with E-state index in [2.05, 4.69) is 10.3 Å². The number of pyridine rings is 1. The van der Waals surface area contributed by atoms with E-state index in [9.17, 15) is 4.39 Å². The Bertz CT molecular complexity index is 327. The summed E-state index contributed by atoms with van der Waals surface area (Å²) in [5.41, 5.74) is 5.36. The zero-order valence-electron chi connectivity index (χ0n) is 9.42. The SMILES string of the molecule is CC(C)C(C)(CN)Nc1ncccc1F. The highest BCUT2D eigenvalue weighted by Gasteiger charge is 2.27. The van der Waals surface area contributed by atoms with Crippen LogP contribution < -0.4 is 11.1 Å². The molecule has 1 unspecified atom stereocenters. The molecule has 0 aliphatic carbocycles. The van der Waals surface area contributed by atoms with Crippen LogP contribution in [0.15, 0.2) is 18.3 Å². The summed E-state index contributed by atoms with van der Waals surface area (Å²) in [5, 5.41) is 3.06. The van der Waals surface area contributed by atoms with Gasteiger partial charge in [-0.15, -0.1) is 0 Å². The van der Waals surface area contributed by atoms with Gasteiger partial charge in [0.15, 0.2) is 11.6 Å². The molecular weight excluding hydrogens is 193 g/mol. The Morgan fingerprint density at radius 2 is 2.27 bits per heavy atom. The summed E-state index contributed by atoms with van der Waals surface area (Å²) in [4.78, 5) is 3.95. The van der Waals surface area contributed by atoms with Gasteiger partial charge in [-0.05, 0) is 25.0 Å². The molecule has 0 aromatic carbocycles. The van der Waals surface area contributed by atoms with Crippen LogP contribution in [0.4, 0.5) is 10.2 Å². The first kappa shape index (κ1) is 11.9. The lowest BCUT2D eigenvalue weighted by atomic mass is 9.88. The number of aromatic nitrogens is 1. The van der Waals surface area contributed by atoms with Crippen molar-refractivity contribution in [3.63, 3.8) is 0 Å². The summed E-state index contributed by atoms with van der Waals surface area (Å²) in [7, 11) is 0. The van der Waals surface area contributed by atoms with E-state index in [0.29, 0.717) is 12.5 Å². The van der Waals surface area contributed by atoms with Crippen molar-refractivity contribution in [2.24, 2.45) is 11.7 Å². The van der Waals surface area contributed by atoms with Gasteiger partial charge in [0.1, 0.15) is 0 Å². The van der Waals surface area contributed by atoms with Crippen LogP contribution in [0.25, 0.3) is 0 Å². The second kappa shape index (κ2) is 4.57. The second-order valence-corrected chi connectivity index (χ2v) is 4.24. The summed E-state index contributed by atoms with van der Waals surface area (Å²) < 4.78 is 13.4. The molecule has 3 N–H and O–H groups in total. The van der Waals surface area contributed by atoms with E-state index in [1.165, 1.54) is 6.07 Å². The van der Waals surface area contributed by atoms with Crippen LogP contribution in [-0.4, -0.2) is 17.1 Å². The third-order valence-corrected chi connectivity index (χ3v) is 2.86. The summed E-state index contributed by atoms with van der Waals surface area (Å²) in [6.07, 6.45) is 1.56. The van der Waals surface area contributed by atoms with Crippen LogP contribution >= 0.6 is 0 Å². The molecule has 0 amide bonds. The van der Waals surface area contributed by atoms with Gasteiger partial charge in [0, 0.05) is 12.7 Å². The number of halogens is 1. The van der Waals surface area contributed by atoms with Gasteiger partial charge in [-0.25, -0.2) is 9.37 Å². The molecule has 1 aromatic rings. The second-order valence-electron chi connectivity index (χ2n) is 4.24. The zero-order valence-corrected chi connectivity index (χ0v) is 9.42. The van der Waals surface area contributed by atoms with Crippen molar-refractivity contribution in [3.05, 3.63) is 24.1 Å². The van der Waals surface area contributed by atoms with E-state index >= 15 is 0 Å². The Morgan fingerprint density at radius 1 is 1.60 bits per heavy atom. The Labute approximate surface area is 89.9 Å². The van der Waals surface area contributed by atoms with E-state index in [0.717, 1.165) is 0 Å². The van der Waals surface area contributed by atoms with E-state index in [1.54, 1.807) is 12.3 Å². The van der Waals surface area contributed by atoms with E-state index in [1.807, 2.05) is 20.8 Å². The van der Waals surface area contributed by atoms with Gasteiger partial charge in [-0.2, -0.15) is 0 Å². The Morgan fingerprint density at radius 3 is 2.73 bits per heavy atom. The van der Waals surface area contributed by atoms with Crippen LogP contribution in [0.1, 0.15) is 20.8 Å². The lowest BCUT2D eigenvalue weighted by molar-refractivity contribution is 0.379. The van der Waals surface area contributed by atoms with Crippen LogP contribution in [-0.2, 0) is 0 Å². The molecule has 0 saturated carbocycles. The fourth-order valence-corrected chi connectivity index (χ4v) is 1.18. The monoisotopic (exact) mass is 211 g/mol. The van der Waals surface area contributed by atoms with Gasteiger partial charge >= 0.3 is 0 Å². The third kappa shape index (κ3) is 2.65. The first-order chi connectivity index (χ1) is 6.99. The molecule has 1 heterocycles. The molecule has 0 fully saturated rings. The number of nitrogens with two attached hydrogens (primary N) is 1. The summed E-state index contributed by atoms with van der Waals surface area (Å²) in [5.74, 6) is 0.209. The lowest BCUT2D eigenvalue weighted by Gasteiger charge is -2.34. The van der Waals surface area contributed by atoms with Crippen molar-refractivity contribution in [2.75, 3.05) is 11.9 Å². The maximum absolute atomic E-state index is 13.4. The molecule has 3 nitrogen and oxygen atoms in total. The van der Waals surface area contributed by atoms with E-state index in [4.69, 9.17) is 5.73 Å². The Hall–Kier alpha value is -1.16. The Balaban J connectivity index is 2.89. The average molecular weight is 211 g/mol. The lowest BCUT2D eigenvalue weighted by Crippen LogP contribution is -2.47.